The Bertz CT molecular complexity index is 422. The van der Waals surface area contributed by atoms with Gasteiger partial charge in [0, 0.05) is 19.2 Å². The fraction of sp³-hybridized carbons (Fsp3) is 0.538. The lowest BCUT2D eigenvalue weighted by Crippen LogP contribution is -2.33. The van der Waals surface area contributed by atoms with Crippen LogP contribution in [-0.2, 0) is 6.54 Å². The van der Waals surface area contributed by atoms with E-state index in [9.17, 15) is 9.90 Å². The molecule has 0 spiro atoms. The fourth-order valence-electron chi connectivity index (χ4n) is 2.46. The van der Waals surface area contributed by atoms with E-state index in [0.29, 0.717) is 18.5 Å². The molecule has 2 atom stereocenters. The number of hydrogen-bond acceptors (Lipinski definition) is 4. The van der Waals surface area contributed by atoms with Gasteiger partial charge in [-0.25, -0.2) is 9.78 Å². The predicted octanol–water partition coefficient (Wildman–Crippen LogP) is 1.03. The molecular weight excluding hydrogens is 232 g/mol. The molecule has 0 bridgehead atoms. The van der Waals surface area contributed by atoms with Crippen LogP contribution in [0.15, 0.2) is 18.2 Å². The zero-order valence-corrected chi connectivity index (χ0v) is 10.2. The SMILES string of the molecule is O=C(O)c1cccc(CNC2CCCC2CO)n1. The van der Waals surface area contributed by atoms with Crippen molar-refractivity contribution in [3.63, 3.8) is 0 Å². The van der Waals surface area contributed by atoms with Crippen molar-refractivity contribution >= 4 is 5.97 Å². The van der Waals surface area contributed by atoms with E-state index in [1.165, 1.54) is 6.07 Å². The first-order chi connectivity index (χ1) is 8.70. The van der Waals surface area contributed by atoms with E-state index in [1.54, 1.807) is 6.07 Å². The van der Waals surface area contributed by atoms with Crippen molar-refractivity contribution in [1.29, 1.82) is 0 Å². The number of carboxylic acid groups (broad SMARTS) is 1. The highest BCUT2D eigenvalue weighted by atomic mass is 16.4. The lowest BCUT2D eigenvalue weighted by atomic mass is 10.1. The second kappa shape index (κ2) is 5.93. The van der Waals surface area contributed by atoms with Crippen LogP contribution in [0, 0.1) is 5.92 Å². The molecule has 2 unspecified atom stereocenters. The van der Waals surface area contributed by atoms with Gasteiger partial charge in [-0.3, -0.25) is 0 Å². The summed E-state index contributed by atoms with van der Waals surface area (Å²) in [6.45, 7) is 0.753. The maximum atomic E-state index is 10.8. The summed E-state index contributed by atoms with van der Waals surface area (Å²) in [4.78, 5) is 14.9. The highest BCUT2D eigenvalue weighted by Gasteiger charge is 2.25. The highest BCUT2D eigenvalue weighted by Crippen LogP contribution is 2.25. The average molecular weight is 250 g/mol. The molecule has 0 amide bonds. The molecule has 5 nitrogen and oxygen atoms in total. The van der Waals surface area contributed by atoms with Crippen LogP contribution >= 0.6 is 0 Å². The van der Waals surface area contributed by atoms with E-state index >= 15 is 0 Å². The molecule has 2 rings (SSSR count). The summed E-state index contributed by atoms with van der Waals surface area (Å²) in [6, 6.07) is 5.30. The second-order valence-corrected chi connectivity index (χ2v) is 4.68. The van der Waals surface area contributed by atoms with Crippen LogP contribution in [-0.4, -0.2) is 33.8 Å². The Morgan fingerprint density at radius 1 is 1.44 bits per heavy atom. The van der Waals surface area contributed by atoms with Crippen LogP contribution in [0.1, 0.15) is 35.4 Å². The van der Waals surface area contributed by atoms with Crippen molar-refractivity contribution in [2.75, 3.05) is 6.61 Å². The molecule has 1 aromatic heterocycles. The molecule has 1 fully saturated rings. The summed E-state index contributed by atoms with van der Waals surface area (Å²) < 4.78 is 0. The van der Waals surface area contributed by atoms with Gasteiger partial charge >= 0.3 is 5.97 Å². The summed E-state index contributed by atoms with van der Waals surface area (Å²) in [5.41, 5.74) is 0.790. The van der Waals surface area contributed by atoms with Gasteiger partial charge in [-0.2, -0.15) is 0 Å². The van der Waals surface area contributed by atoms with Crippen LogP contribution in [0.3, 0.4) is 0 Å². The third-order valence-electron chi connectivity index (χ3n) is 3.46. The maximum Gasteiger partial charge on any atom is 0.354 e. The Morgan fingerprint density at radius 2 is 2.28 bits per heavy atom. The first kappa shape index (κ1) is 13.0. The van der Waals surface area contributed by atoms with E-state index in [-0.39, 0.29) is 12.3 Å². The Kier molecular flexibility index (Phi) is 4.28. The lowest BCUT2D eigenvalue weighted by Gasteiger charge is -2.18. The topological polar surface area (TPSA) is 82.5 Å². The predicted molar refractivity (Wildman–Crippen MR) is 66.3 cm³/mol. The minimum absolute atomic E-state index is 0.0689. The summed E-state index contributed by atoms with van der Waals surface area (Å²) >= 11 is 0. The van der Waals surface area contributed by atoms with Crippen molar-refractivity contribution in [2.45, 2.75) is 31.8 Å². The molecule has 1 heterocycles. The van der Waals surface area contributed by atoms with E-state index in [4.69, 9.17) is 5.11 Å². The standard InChI is InChI=1S/C13H18N2O3/c16-8-9-3-1-5-11(9)14-7-10-4-2-6-12(15-10)13(17)18/h2,4,6,9,11,14,16H,1,3,5,7-8H2,(H,17,18). The van der Waals surface area contributed by atoms with Gasteiger partial charge in [0.05, 0.1) is 5.69 Å². The van der Waals surface area contributed by atoms with Gasteiger partial charge in [0.15, 0.2) is 0 Å². The molecule has 0 aliphatic heterocycles. The largest absolute Gasteiger partial charge is 0.477 e. The number of nitrogens with one attached hydrogen (secondary N) is 1. The summed E-state index contributed by atoms with van der Waals surface area (Å²) in [5.74, 6) is -0.696. The van der Waals surface area contributed by atoms with E-state index in [0.717, 1.165) is 25.0 Å². The summed E-state index contributed by atoms with van der Waals surface area (Å²) in [5, 5.41) is 21.4. The van der Waals surface area contributed by atoms with Crippen LogP contribution in [0.25, 0.3) is 0 Å². The van der Waals surface area contributed by atoms with Crippen molar-refractivity contribution in [3.8, 4) is 0 Å². The molecule has 0 radical (unpaired) electrons. The van der Waals surface area contributed by atoms with Gasteiger partial charge in [0.1, 0.15) is 5.69 Å². The number of carboxylic acids is 1. The van der Waals surface area contributed by atoms with Gasteiger partial charge in [0.2, 0.25) is 0 Å². The number of hydrogen-bond donors (Lipinski definition) is 3. The molecule has 0 saturated heterocycles. The molecule has 5 heteroatoms. The molecule has 1 aliphatic rings. The van der Waals surface area contributed by atoms with E-state index in [1.807, 2.05) is 6.07 Å². The van der Waals surface area contributed by atoms with Crippen LogP contribution in [0.5, 0.6) is 0 Å². The van der Waals surface area contributed by atoms with Crippen molar-refractivity contribution in [2.24, 2.45) is 5.92 Å². The Balaban J connectivity index is 1.93. The number of carbonyl (C=O) groups is 1. The third-order valence-corrected chi connectivity index (χ3v) is 3.46. The molecular formula is C13H18N2O3. The fourth-order valence-corrected chi connectivity index (χ4v) is 2.46. The molecule has 3 N–H and O–H groups in total. The van der Waals surface area contributed by atoms with Crippen LogP contribution < -0.4 is 5.32 Å². The van der Waals surface area contributed by atoms with Crippen LogP contribution in [0.4, 0.5) is 0 Å². The molecule has 18 heavy (non-hydrogen) atoms. The van der Waals surface area contributed by atoms with Gasteiger partial charge in [-0.1, -0.05) is 12.5 Å². The monoisotopic (exact) mass is 250 g/mol. The number of rotatable bonds is 5. The Morgan fingerprint density at radius 3 is 3.00 bits per heavy atom. The van der Waals surface area contributed by atoms with Gasteiger partial charge in [0.25, 0.3) is 0 Å². The molecule has 1 aliphatic carbocycles. The Hall–Kier alpha value is -1.46. The van der Waals surface area contributed by atoms with Crippen molar-refractivity contribution < 1.29 is 15.0 Å². The summed E-state index contributed by atoms with van der Waals surface area (Å²) in [7, 11) is 0. The maximum absolute atomic E-state index is 10.8. The number of aromatic nitrogens is 1. The quantitative estimate of drug-likeness (QED) is 0.727. The minimum atomic E-state index is -1.01. The first-order valence-electron chi connectivity index (χ1n) is 6.24. The van der Waals surface area contributed by atoms with Gasteiger partial charge in [-0.05, 0) is 30.9 Å². The van der Waals surface area contributed by atoms with E-state index < -0.39 is 5.97 Å². The number of nitrogens with zero attached hydrogens (tertiary/aromatic N) is 1. The zero-order valence-electron chi connectivity index (χ0n) is 10.2. The smallest absolute Gasteiger partial charge is 0.354 e. The summed E-state index contributed by atoms with van der Waals surface area (Å²) in [6.07, 6.45) is 3.24. The molecule has 1 saturated carbocycles. The molecule has 98 valence electrons. The van der Waals surface area contributed by atoms with Crippen molar-refractivity contribution in [3.05, 3.63) is 29.6 Å². The Labute approximate surface area is 106 Å². The second-order valence-electron chi connectivity index (χ2n) is 4.68. The zero-order chi connectivity index (χ0) is 13.0. The van der Waals surface area contributed by atoms with Crippen molar-refractivity contribution in [1.82, 2.24) is 10.3 Å². The first-order valence-corrected chi connectivity index (χ1v) is 6.24. The lowest BCUT2D eigenvalue weighted by molar-refractivity contribution is 0.0690. The minimum Gasteiger partial charge on any atom is -0.477 e. The third kappa shape index (κ3) is 3.05. The highest BCUT2D eigenvalue weighted by molar-refractivity contribution is 5.85. The molecule has 1 aromatic rings. The number of aliphatic hydroxyl groups excluding tert-OH is 1. The number of aromatic carboxylic acids is 1. The number of pyridine rings is 1. The van der Waals surface area contributed by atoms with Crippen LogP contribution in [0.2, 0.25) is 0 Å². The van der Waals surface area contributed by atoms with Gasteiger partial charge < -0.3 is 15.5 Å². The number of aliphatic hydroxyl groups is 1. The molecule has 0 aromatic carbocycles. The van der Waals surface area contributed by atoms with Gasteiger partial charge in [-0.15, -0.1) is 0 Å². The van der Waals surface area contributed by atoms with E-state index in [2.05, 4.69) is 10.3 Å². The normalized spacial score (nSPS) is 23.2. The average Bonchev–Trinajstić information content (AvgIpc) is 2.84.